The SMILES string of the molecule is COc1ccc(C(CC(=O)NCc2cccnc2)Sc2n[nH]c(-c3ccc(F)cc3)n2)cc1. The third-order valence-electron chi connectivity index (χ3n) is 4.90. The minimum absolute atomic E-state index is 0.0959. The van der Waals surface area contributed by atoms with Gasteiger partial charge in [-0.25, -0.2) is 9.37 Å². The van der Waals surface area contributed by atoms with Crippen LogP contribution in [0.25, 0.3) is 11.4 Å². The van der Waals surface area contributed by atoms with Crippen LogP contribution in [0.5, 0.6) is 5.75 Å². The number of carbonyl (C=O) groups is 1. The molecule has 2 aromatic carbocycles. The van der Waals surface area contributed by atoms with Crippen LogP contribution >= 0.6 is 11.8 Å². The van der Waals surface area contributed by atoms with E-state index in [1.807, 2.05) is 36.4 Å². The van der Waals surface area contributed by atoms with Crippen molar-refractivity contribution in [1.29, 1.82) is 0 Å². The van der Waals surface area contributed by atoms with E-state index in [1.54, 1.807) is 31.6 Å². The predicted octanol–water partition coefficient (Wildman–Crippen LogP) is 4.55. The highest BCUT2D eigenvalue weighted by atomic mass is 32.2. The summed E-state index contributed by atoms with van der Waals surface area (Å²) < 4.78 is 18.5. The molecule has 1 unspecified atom stereocenters. The van der Waals surface area contributed by atoms with E-state index in [1.165, 1.54) is 23.9 Å². The quantitative estimate of drug-likeness (QED) is 0.354. The first-order valence-corrected chi connectivity index (χ1v) is 11.1. The van der Waals surface area contributed by atoms with Gasteiger partial charge in [0.2, 0.25) is 11.1 Å². The lowest BCUT2D eigenvalue weighted by atomic mass is 10.1. The van der Waals surface area contributed by atoms with Crippen molar-refractivity contribution in [3.8, 4) is 17.1 Å². The van der Waals surface area contributed by atoms with Gasteiger partial charge in [-0.2, -0.15) is 0 Å². The molecule has 1 amide bonds. The lowest BCUT2D eigenvalue weighted by molar-refractivity contribution is -0.121. The predicted molar refractivity (Wildman–Crippen MR) is 124 cm³/mol. The van der Waals surface area contributed by atoms with Gasteiger partial charge in [0.05, 0.1) is 7.11 Å². The molecule has 2 aromatic heterocycles. The lowest BCUT2D eigenvalue weighted by Gasteiger charge is -2.16. The molecule has 0 bridgehead atoms. The molecule has 0 fully saturated rings. The van der Waals surface area contributed by atoms with Crippen molar-refractivity contribution in [3.63, 3.8) is 0 Å². The van der Waals surface area contributed by atoms with Crippen LogP contribution in [0.2, 0.25) is 0 Å². The molecular weight excluding hydrogens is 441 g/mol. The number of hydrogen-bond donors (Lipinski definition) is 2. The number of thioether (sulfide) groups is 1. The second-order valence-corrected chi connectivity index (χ2v) is 8.37. The summed E-state index contributed by atoms with van der Waals surface area (Å²) in [7, 11) is 1.61. The van der Waals surface area contributed by atoms with E-state index < -0.39 is 0 Å². The highest BCUT2D eigenvalue weighted by Crippen LogP contribution is 2.37. The van der Waals surface area contributed by atoms with Crippen molar-refractivity contribution in [2.75, 3.05) is 7.11 Å². The minimum atomic E-state index is -0.315. The highest BCUT2D eigenvalue weighted by Gasteiger charge is 2.20. The molecule has 0 aliphatic heterocycles. The standard InChI is InChI=1S/C24H22FN5O2S/c1-32-20-10-6-17(7-11-20)21(13-22(31)27-15-16-3-2-12-26-14-16)33-24-28-23(29-30-24)18-4-8-19(25)9-5-18/h2-12,14,21H,13,15H2,1H3,(H,27,31)(H,28,29,30). The topological polar surface area (TPSA) is 92.8 Å². The van der Waals surface area contributed by atoms with Crippen LogP contribution < -0.4 is 10.1 Å². The molecule has 7 nitrogen and oxygen atoms in total. The van der Waals surface area contributed by atoms with Crippen molar-refractivity contribution < 1.29 is 13.9 Å². The van der Waals surface area contributed by atoms with Gasteiger partial charge < -0.3 is 10.1 Å². The van der Waals surface area contributed by atoms with Crippen LogP contribution in [0.1, 0.15) is 22.8 Å². The summed E-state index contributed by atoms with van der Waals surface area (Å²) in [5.74, 6) is 0.859. The molecule has 2 heterocycles. The Bertz CT molecular complexity index is 1180. The van der Waals surface area contributed by atoms with Crippen LogP contribution in [0.4, 0.5) is 4.39 Å². The molecule has 4 aromatic rings. The maximum Gasteiger partial charge on any atom is 0.221 e. The Hall–Kier alpha value is -3.72. The first-order chi connectivity index (χ1) is 16.1. The molecule has 9 heteroatoms. The third kappa shape index (κ3) is 6.17. The number of nitrogens with zero attached hydrogens (tertiary/aromatic N) is 3. The summed E-state index contributed by atoms with van der Waals surface area (Å²) in [4.78, 5) is 21.3. The van der Waals surface area contributed by atoms with Gasteiger partial charge in [0.1, 0.15) is 11.6 Å². The van der Waals surface area contributed by atoms with E-state index in [9.17, 15) is 9.18 Å². The third-order valence-corrected chi connectivity index (χ3v) is 6.02. The number of nitrogens with one attached hydrogen (secondary N) is 2. The van der Waals surface area contributed by atoms with Gasteiger partial charge in [-0.1, -0.05) is 30.0 Å². The Morgan fingerprint density at radius 2 is 1.94 bits per heavy atom. The number of methoxy groups -OCH3 is 1. The number of benzene rings is 2. The van der Waals surface area contributed by atoms with E-state index in [-0.39, 0.29) is 23.4 Å². The fourth-order valence-corrected chi connectivity index (χ4v) is 4.18. The van der Waals surface area contributed by atoms with Crippen molar-refractivity contribution in [2.45, 2.75) is 23.4 Å². The summed E-state index contributed by atoms with van der Waals surface area (Å²) in [6, 6.07) is 17.3. The maximum atomic E-state index is 13.2. The zero-order valence-electron chi connectivity index (χ0n) is 17.9. The number of amides is 1. The van der Waals surface area contributed by atoms with E-state index >= 15 is 0 Å². The molecule has 2 N–H and O–H groups in total. The molecule has 0 aliphatic rings. The highest BCUT2D eigenvalue weighted by molar-refractivity contribution is 7.99. The van der Waals surface area contributed by atoms with Crippen LogP contribution in [0.15, 0.2) is 78.2 Å². The summed E-state index contributed by atoms with van der Waals surface area (Å²) in [6.07, 6.45) is 3.65. The number of aromatic amines is 1. The summed E-state index contributed by atoms with van der Waals surface area (Å²) >= 11 is 1.38. The number of aromatic nitrogens is 4. The number of carbonyl (C=O) groups excluding carboxylic acids is 1. The Kier molecular flexibility index (Phi) is 7.31. The largest absolute Gasteiger partial charge is 0.497 e. The molecule has 1 atom stereocenters. The van der Waals surface area contributed by atoms with Gasteiger partial charge in [-0.15, -0.1) is 5.10 Å². The second-order valence-electron chi connectivity index (χ2n) is 7.20. The average molecular weight is 464 g/mol. The average Bonchev–Trinajstić information content (AvgIpc) is 3.32. The van der Waals surface area contributed by atoms with Gasteiger partial charge in [0, 0.05) is 36.2 Å². The first kappa shape index (κ1) is 22.5. The Morgan fingerprint density at radius 1 is 1.15 bits per heavy atom. The van der Waals surface area contributed by atoms with E-state index in [4.69, 9.17) is 4.74 Å². The van der Waals surface area contributed by atoms with Crippen molar-refractivity contribution in [1.82, 2.24) is 25.5 Å². The van der Waals surface area contributed by atoms with Crippen LogP contribution in [0, 0.1) is 5.82 Å². The minimum Gasteiger partial charge on any atom is -0.497 e. The number of rotatable bonds is 9. The fraction of sp³-hybridized carbons (Fsp3) is 0.167. The Labute approximate surface area is 194 Å². The van der Waals surface area contributed by atoms with E-state index in [0.717, 1.165) is 22.4 Å². The molecule has 0 radical (unpaired) electrons. The smallest absolute Gasteiger partial charge is 0.221 e. The van der Waals surface area contributed by atoms with Crippen molar-refractivity contribution in [3.05, 3.63) is 90.0 Å². The molecule has 0 saturated carbocycles. The van der Waals surface area contributed by atoms with E-state index in [0.29, 0.717) is 17.5 Å². The second kappa shape index (κ2) is 10.7. The Morgan fingerprint density at radius 3 is 2.64 bits per heavy atom. The molecule has 0 aliphatic carbocycles. The number of ether oxygens (including phenoxy) is 1. The summed E-state index contributed by atoms with van der Waals surface area (Å²) in [5, 5.41) is 10.4. The molecular formula is C24H22FN5O2S. The normalized spacial score (nSPS) is 11.7. The number of halogens is 1. The van der Waals surface area contributed by atoms with Crippen LogP contribution in [-0.2, 0) is 11.3 Å². The van der Waals surface area contributed by atoms with E-state index in [2.05, 4.69) is 25.5 Å². The van der Waals surface area contributed by atoms with Gasteiger partial charge in [-0.3, -0.25) is 14.9 Å². The van der Waals surface area contributed by atoms with Crippen LogP contribution in [-0.4, -0.2) is 33.2 Å². The summed E-state index contributed by atoms with van der Waals surface area (Å²) in [6.45, 7) is 0.405. The molecule has 0 saturated heterocycles. The number of hydrogen-bond acceptors (Lipinski definition) is 6. The Balaban J connectivity index is 1.48. The lowest BCUT2D eigenvalue weighted by Crippen LogP contribution is -2.24. The molecule has 33 heavy (non-hydrogen) atoms. The molecule has 168 valence electrons. The number of pyridine rings is 1. The van der Waals surface area contributed by atoms with Gasteiger partial charge >= 0.3 is 0 Å². The van der Waals surface area contributed by atoms with Gasteiger partial charge in [0.25, 0.3) is 0 Å². The van der Waals surface area contributed by atoms with Crippen molar-refractivity contribution >= 4 is 17.7 Å². The van der Waals surface area contributed by atoms with Crippen molar-refractivity contribution in [2.24, 2.45) is 0 Å². The maximum absolute atomic E-state index is 13.2. The molecule has 4 rings (SSSR count). The number of H-pyrrole nitrogens is 1. The summed E-state index contributed by atoms with van der Waals surface area (Å²) in [5.41, 5.74) is 2.61. The van der Waals surface area contributed by atoms with Gasteiger partial charge in [0.15, 0.2) is 5.82 Å². The zero-order valence-corrected chi connectivity index (χ0v) is 18.7. The van der Waals surface area contributed by atoms with Gasteiger partial charge in [-0.05, 0) is 53.6 Å². The zero-order chi connectivity index (χ0) is 23.0. The first-order valence-electron chi connectivity index (χ1n) is 10.3. The fourth-order valence-electron chi connectivity index (χ4n) is 3.15. The monoisotopic (exact) mass is 463 g/mol. The molecule has 0 spiro atoms. The van der Waals surface area contributed by atoms with Crippen LogP contribution in [0.3, 0.4) is 0 Å².